The summed E-state index contributed by atoms with van der Waals surface area (Å²) in [4.78, 5) is 0. The number of anilines is 3. The maximum absolute atomic E-state index is 14.1. The molecule has 0 aromatic heterocycles. The number of halogens is 10. The highest BCUT2D eigenvalue weighted by Gasteiger charge is 2.52. The molecule has 3 atom stereocenters. The van der Waals surface area contributed by atoms with Crippen LogP contribution in [0.5, 0.6) is 17.2 Å². The van der Waals surface area contributed by atoms with Gasteiger partial charge in [-0.05, 0) is 148 Å². The van der Waals surface area contributed by atoms with Crippen molar-refractivity contribution in [3.05, 3.63) is 195 Å². The first kappa shape index (κ1) is 53.0. The summed E-state index contributed by atoms with van der Waals surface area (Å²) in [5.74, 6) is -1.98. The first-order valence-electron chi connectivity index (χ1n) is 23.7. The molecular formula is C56H48BBrF9N3O5. The molecular weight excluding hydrogens is 1060 g/mol. The van der Waals surface area contributed by atoms with Crippen LogP contribution in [0.3, 0.4) is 0 Å². The largest absolute Gasteiger partial charge is 0.494 e. The highest BCUT2D eigenvalue weighted by atomic mass is 79.9. The van der Waals surface area contributed by atoms with Crippen LogP contribution in [0.2, 0.25) is 0 Å². The van der Waals surface area contributed by atoms with Crippen LogP contribution in [-0.2, 0) is 15.5 Å². The van der Waals surface area contributed by atoms with Gasteiger partial charge in [0.1, 0.15) is 72.0 Å². The van der Waals surface area contributed by atoms with Gasteiger partial charge >= 0.3 is 13.3 Å². The molecule has 0 radical (unpaired) electrons. The van der Waals surface area contributed by atoms with Gasteiger partial charge in [0, 0.05) is 21.2 Å². The minimum Gasteiger partial charge on any atom is -0.489 e. The van der Waals surface area contributed by atoms with E-state index in [0.717, 1.165) is 27.8 Å². The van der Waals surface area contributed by atoms with Crippen LogP contribution in [0.4, 0.5) is 56.6 Å². The van der Waals surface area contributed by atoms with E-state index in [9.17, 15) is 39.5 Å². The molecule has 0 saturated carbocycles. The number of hydrogen-bond donors (Lipinski definition) is 3. The third-order valence-corrected chi connectivity index (χ3v) is 14.1. The predicted octanol–water partition coefficient (Wildman–Crippen LogP) is 14.6. The Morgan fingerprint density at radius 3 is 1.35 bits per heavy atom. The second kappa shape index (κ2) is 21.1. The fourth-order valence-electron chi connectivity index (χ4n) is 8.88. The van der Waals surface area contributed by atoms with Crippen LogP contribution in [0.25, 0.3) is 11.1 Å². The second-order valence-corrected chi connectivity index (χ2v) is 20.1. The van der Waals surface area contributed by atoms with Gasteiger partial charge in [0.25, 0.3) is 0 Å². The Bertz CT molecular complexity index is 3200. The Hall–Kier alpha value is -6.83. The normalized spacial score (nSPS) is 18.8. The third-order valence-electron chi connectivity index (χ3n) is 13.6. The van der Waals surface area contributed by atoms with Crippen LogP contribution in [0.1, 0.15) is 73.6 Å². The lowest BCUT2D eigenvalue weighted by Crippen LogP contribution is -2.41. The van der Waals surface area contributed by atoms with E-state index in [-0.39, 0.29) is 36.5 Å². The molecule has 0 aliphatic carbocycles. The van der Waals surface area contributed by atoms with Gasteiger partial charge in [-0.25, -0.2) is 26.3 Å². The summed E-state index contributed by atoms with van der Waals surface area (Å²) in [7, 11) is -0.495. The second-order valence-electron chi connectivity index (χ2n) is 19.2. The molecule has 8 nitrogen and oxygen atoms in total. The van der Waals surface area contributed by atoms with Crippen LogP contribution in [0, 0.1) is 41.8 Å². The Morgan fingerprint density at radius 1 is 0.507 bits per heavy atom. The molecule has 0 bridgehead atoms. The van der Waals surface area contributed by atoms with E-state index < -0.39 is 83.1 Å². The van der Waals surface area contributed by atoms with Gasteiger partial charge in [-0.2, -0.15) is 13.2 Å². The number of hydrogen-bond acceptors (Lipinski definition) is 8. The molecule has 4 aliphatic rings. The average Bonchev–Trinajstić information content (AvgIpc) is 3.59. The summed E-state index contributed by atoms with van der Waals surface area (Å²) in [6.45, 7) is 10.0. The molecule has 11 rings (SSSR count). The first-order chi connectivity index (χ1) is 35.6. The lowest BCUT2D eigenvalue weighted by atomic mass is 9.79. The summed E-state index contributed by atoms with van der Waals surface area (Å²) in [6, 6.07) is 29.0. The molecule has 1 saturated heterocycles. The lowest BCUT2D eigenvalue weighted by molar-refractivity contribution is -0.137. The topological polar surface area (TPSA) is 82.2 Å². The van der Waals surface area contributed by atoms with Crippen molar-refractivity contribution in [1.82, 2.24) is 0 Å². The number of nitrogens with one attached hydrogen (secondary N) is 3. The summed E-state index contributed by atoms with van der Waals surface area (Å²) < 4.78 is 153. The summed E-state index contributed by atoms with van der Waals surface area (Å²) >= 11 is 3.35. The number of aryl methyl sites for hydroxylation is 1. The van der Waals surface area contributed by atoms with Gasteiger partial charge in [-0.15, -0.1) is 0 Å². The van der Waals surface area contributed by atoms with E-state index in [1.165, 1.54) is 60.7 Å². The fraction of sp³-hybridized carbons (Fsp3) is 0.250. The zero-order valence-electron chi connectivity index (χ0n) is 40.9. The van der Waals surface area contributed by atoms with Gasteiger partial charge in [-0.3, -0.25) is 0 Å². The van der Waals surface area contributed by atoms with Gasteiger partial charge in [0.15, 0.2) is 0 Å². The summed E-state index contributed by atoms with van der Waals surface area (Å²) in [6.07, 6.45) is -4.44. The summed E-state index contributed by atoms with van der Waals surface area (Å²) in [5, 5.41) is 9.29. The molecule has 19 heteroatoms. The standard InChI is InChI=1S/C22H16F5NO.C20H22BF2NO3.C14H10BrF2NO/c1-12-5-7-14(22(25,26)27)10-15(12)13-6-8-18-20(9-13)29-11-19(28-18)21-16(23)3-2-4-17(21)24;1-19(2)20(3,4)27-21(26-19)12-8-9-15-17(10-12)25-11-16(24-15)18-13(22)6-5-7-14(18)23;15-8-4-5-11-13(6-8)19-7-12(18-11)14-9(16)2-1-3-10(14)17/h2-10,19,28H,11H2,1H3;5-10,16,24H,11H2,1-4H3;1-6,12,18H,7H2. The molecule has 3 unspecified atom stereocenters. The van der Waals surface area contributed by atoms with Crippen molar-refractivity contribution in [2.24, 2.45) is 0 Å². The zero-order chi connectivity index (χ0) is 53.6. The Morgan fingerprint density at radius 2 is 0.907 bits per heavy atom. The van der Waals surface area contributed by atoms with Gasteiger partial charge in [0.05, 0.1) is 52.0 Å². The average molecular weight is 1100 g/mol. The van der Waals surface area contributed by atoms with Crippen molar-refractivity contribution in [1.29, 1.82) is 0 Å². The van der Waals surface area contributed by atoms with Crippen LogP contribution < -0.4 is 35.6 Å². The number of alkyl halides is 3. The van der Waals surface area contributed by atoms with E-state index in [1.54, 1.807) is 25.1 Å². The highest BCUT2D eigenvalue weighted by molar-refractivity contribution is 9.10. The van der Waals surface area contributed by atoms with E-state index in [0.29, 0.717) is 45.3 Å². The van der Waals surface area contributed by atoms with E-state index in [1.807, 2.05) is 64.1 Å². The zero-order valence-corrected chi connectivity index (χ0v) is 42.5. The van der Waals surface area contributed by atoms with Crippen molar-refractivity contribution in [3.63, 3.8) is 0 Å². The molecule has 7 aromatic rings. The van der Waals surface area contributed by atoms with Crippen molar-refractivity contribution >= 4 is 45.6 Å². The monoisotopic (exact) mass is 1100 g/mol. The highest BCUT2D eigenvalue weighted by Crippen LogP contribution is 2.42. The van der Waals surface area contributed by atoms with Gasteiger partial charge in [-0.1, -0.05) is 52.3 Å². The molecule has 7 aromatic carbocycles. The van der Waals surface area contributed by atoms with E-state index in [2.05, 4.69) is 31.9 Å². The molecule has 3 N–H and O–H groups in total. The van der Waals surface area contributed by atoms with Crippen LogP contribution in [0.15, 0.2) is 132 Å². The number of fused-ring (bicyclic) bond motifs is 3. The molecule has 390 valence electrons. The Balaban J connectivity index is 0.000000141. The molecule has 0 amide bonds. The van der Waals surface area contributed by atoms with Crippen LogP contribution in [-0.4, -0.2) is 38.1 Å². The lowest BCUT2D eigenvalue weighted by Gasteiger charge is -2.32. The Kier molecular flexibility index (Phi) is 14.9. The first-order valence-corrected chi connectivity index (χ1v) is 24.5. The maximum Gasteiger partial charge on any atom is 0.494 e. The van der Waals surface area contributed by atoms with E-state index in [4.69, 9.17) is 23.5 Å². The fourth-order valence-corrected chi connectivity index (χ4v) is 9.22. The van der Waals surface area contributed by atoms with Gasteiger partial charge in [0.2, 0.25) is 0 Å². The number of rotatable bonds is 5. The molecule has 4 heterocycles. The molecule has 75 heavy (non-hydrogen) atoms. The molecule has 4 aliphatic heterocycles. The third kappa shape index (κ3) is 11.3. The van der Waals surface area contributed by atoms with E-state index >= 15 is 0 Å². The smallest absolute Gasteiger partial charge is 0.489 e. The minimum atomic E-state index is -4.44. The van der Waals surface area contributed by atoms with Crippen molar-refractivity contribution in [2.75, 3.05) is 35.8 Å². The molecule has 1 fully saturated rings. The number of ether oxygens (including phenoxy) is 3. The maximum atomic E-state index is 14.1. The number of benzene rings is 7. The SMILES string of the molecule is CC1(C)OB(c2ccc3c(c2)OCC(c2c(F)cccc2F)N3)OC1(C)C.Cc1ccc(C(F)(F)F)cc1-c1ccc2c(c1)OCC(c1c(F)cccc1F)N2.Fc1cccc(F)c1C1COc2cc(Br)ccc2N1. The van der Waals surface area contributed by atoms with Crippen molar-refractivity contribution in [2.45, 2.75) is 70.1 Å². The van der Waals surface area contributed by atoms with Crippen LogP contribution >= 0.6 is 15.9 Å². The quantitative estimate of drug-likeness (QED) is 0.116. The van der Waals surface area contributed by atoms with Gasteiger partial charge < -0.3 is 39.5 Å². The van der Waals surface area contributed by atoms with Crippen molar-refractivity contribution in [3.8, 4) is 28.4 Å². The Labute approximate surface area is 435 Å². The summed E-state index contributed by atoms with van der Waals surface area (Å²) in [5.41, 5.74) is 2.72. The van der Waals surface area contributed by atoms with Crippen molar-refractivity contribution < 1.29 is 63.0 Å². The minimum absolute atomic E-state index is 0.0102. The molecule has 0 spiro atoms. The predicted molar refractivity (Wildman–Crippen MR) is 273 cm³/mol.